The molecule has 2 unspecified atom stereocenters. The molecule has 0 aliphatic carbocycles. The van der Waals surface area contributed by atoms with Crippen molar-refractivity contribution in [3.8, 4) is 5.75 Å². The van der Waals surface area contributed by atoms with Gasteiger partial charge in [-0.05, 0) is 30.9 Å². The first kappa shape index (κ1) is 14.4. The summed E-state index contributed by atoms with van der Waals surface area (Å²) in [6, 6.07) is 13.9. The van der Waals surface area contributed by atoms with E-state index < -0.39 is 0 Å². The SMILES string of the molecule is COc1ccc(CN2CC(C)NC(C)C2)c2ccccc12. The lowest BCUT2D eigenvalue weighted by Gasteiger charge is -2.36. The number of rotatable bonds is 3. The summed E-state index contributed by atoms with van der Waals surface area (Å²) in [6.45, 7) is 7.72. The summed E-state index contributed by atoms with van der Waals surface area (Å²) in [4.78, 5) is 2.54. The Morgan fingerprint density at radius 1 is 1.05 bits per heavy atom. The monoisotopic (exact) mass is 284 g/mol. The Kier molecular flexibility index (Phi) is 4.13. The third-order valence-corrected chi connectivity index (χ3v) is 4.22. The lowest BCUT2D eigenvalue weighted by molar-refractivity contribution is 0.167. The summed E-state index contributed by atoms with van der Waals surface area (Å²) in [5.74, 6) is 0.955. The van der Waals surface area contributed by atoms with Gasteiger partial charge in [0.15, 0.2) is 0 Å². The Labute approximate surface area is 126 Å². The van der Waals surface area contributed by atoms with Crippen LogP contribution in [0.25, 0.3) is 10.8 Å². The maximum absolute atomic E-state index is 5.48. The van der Waals surface area contributed by atoms with Gasteiger partial charge in [0.1, 0.15) is 5.75 Å². The van der Waals surface area contributed by atoms with Crippen molar-refractivity contribution in [3.63, 3.8) is 0 Å². The van der Waals surface area contributed by atoms with Crippen molar-refractivity contribution >= 4 is 10.8 Å². The van der Waals surface area contributed by atoms with Gasteiger partial charge in [-0.3, -0.25) is 4.90 Å². The van der Waals surface area contributed by atoms with Crippen molar-refractivity contribution < 1.29 is 4.74 Å². The number of nitrogens with one attached hydrogen (secondary N) is 1. The van der Waals surface area contributed by atoms with Crippen LogP contribution in [0.1, 0.15) is 19.4 Å². The van der Waals surface area contributed by atoms with Gasteiger partial charge in [0.05, 0.1) is 7.11 Å². The van der Waals surface area contributed by atoms with Crippen LogP contribution >= 0.6 is 0 Å². The summed E-state index contributed by atoms with van der Waals surface area (Å²) < 4.78 is 5.48. The number of ether oxygens (including phenoxy) is 1. The van der Waals surface area contributed by atoms with Gasteiger partial charge in [-0.1, -0.05) is 30.3 Å². The van der Waals surface area contributed by atoms with Crippen LogP contribution in [-0.4, -0.2) is 37.2 Å². The lowest BCUT2D eigenvalue weighted by atomic mass is 10.0. The molecule has 2 aromatic rings. The van der Waals surface area contributed by atoms with Crippen molar-refractivity contribution in [3.05, 3.63) is 42.0 Å². The van der Waals surface area contributed by atoms with Crippen LogP contribution < -0.4 is 10.1 Å². The second-order valence-electron chi connectivity index (χ2n) is 6.14. The molecule has 0 radical (unpaired) electrons. The Hall–Kier alpha value is -1.58. The zero-order chi connectivity index (χ0) is 14.8. The molecule has 3 nitrogen and oxygen atoms in total. The predicted octanol–water partition coefficient (Wildman–Crippen LogP) is 3.03. The zero-order valence-electron chi connectivity index (χ0n) is 13.1. The van der Waals surface area contributed by atoms with Crippen LogP contribution in [0.2, 0.25) is 0 Å². The van der Waals surface area contributed by atoms with E-state index in [4.69, 9.17) is 4.74 Å². The molecule has 0 spiro atoms. The second-order valence-corrected chi connectivity index (χ2v) is 6.14. The maximum atomic E-state index is 5.48. The van der Waals surface area contributed by atoms with E-state index in [1.54, 1.807) is 7.11 Å². The molecular formula is C18H24N2O. The number of benzene rings is 2. The van der Waals surface area contributed by atoms with Gasteiger partial charge in [0.25, 0.3) is 0 Å². The molecule has 1 aliphatic rings. The van der Waals surface area contributed by atoms with Crippen LogP contribution in [0.4, 0.5) is 0 Å². The van der Waals surface area contributed by atoms with Crippen LogP contribution in [0, 0.1) is 0 Å². The second kappa shape index (κ2) is 6.04. The first-order valence-electron chi connectivity index (χ1n) is 7.70. The van der Waals surface area contributed by atoms with Gasteiger partial charge in [0, 0.05) is 37.1 Å². The molecule has 112 valence electrons. The van der Waals surface area contributed by atoms with Gasteiger partial charge in [-0.2, -0.15) is 0 Å². The standard InChI is InChI=1S/C18H24N2O/c1-13-10-20(11-14(2)19-13)12-15-8-9-18(21-3)17-7-5-4-6-16(15)17/h4-9,13-14,19H,10-12H2,1-3H3. The maximum Gasteiger partial charge on any atom is 0.126 e. The van der Waals surface area contributed by atoms with E-state index in [1.807, 2.05) is 0 Å². The van der Waals surface area contributed by atoms with E-state index in [1.165, 1.54) is 16.3 Å². The molecular weight excluding hydrogens is 260 g/mol. The van der Waals surface area contributed by atoms with E-state index in [9.17, 15) is 0 Å². The molecule has 1 saturated heterocycles. The highest BCUT2D eigenvalue weighted by atomic mass is 16.5. The molecule has 0 saturated carbocycles. The fourth-order valence-electron chi connectivity index (χ4n) is 3.46. The van der Waals surface area contributed by atoms with E-state index in [2.05, 4.69) is 60.5 Å². The fourth-order valence-corrected chi connectivity index (χ4v) is 3.46. The first-order chi connectivity index (χ1) is 10.2. The molecule has 0 amide bonds. The Morgan fingerprint density at radius 2 is 1.71 bits per heavy atom. The Bertz CT molecular complexity index is 616. The molecule has 1 N–H and O–H groups in total. The van der Waals surface area contributed by atoms with Crippen molar-refractivity contribution in [2.75, 3.05) is 20.2 Å². The van der Waals surface area contributed by atoms with Crippen molar-refractivity contribution in [2.45, 2.75) is 32.5 Å². The highest BCUT2D eigenvalue weighted by molar-refractivity contribution is 5.91. The number of fused-ring (bicyclic) bond motifs is 1. The molecule has 3 rings (SSSR count). The van der Waals surface area contributed by atoms with Gasteiger partial charge in [0.2, 0.25) is 0 Å². The molecule has 0 bridgehead atoms. The van der Waals surface area contributed by atoms with Gasteiger partial charge >= 0.3 is 0 Å². The molecule has 3 heteroatoms. The van der Waals surface area contributed by atoms with Gasteiger partial charge < -0.3 is 10.1 Å². The van der Waals surface area contributed by atoms with Crippen molar-refractivity contribution in [2.24, 2.45) is 0 Å². The summed E-state index contributed by atoms with van der Waals surface area (Å²) >= 11 is 0. The highest BCUT2D eigenvalue weighted by Gasteiger charge is 2.21. The summed E-state index contributed by atoms with van der Waals surface area (Å²) in [7, 11) is 1.74. The quantitative estimate of drug-likeness (QED) is 0.937. The van der Waals surface area contributed by atoms with Crippen molar-refractivity contribution in [1.82, 2.24) is 10.2 Å². The van der Waals surface area contributed by atoms with Crippen molar-refractivity contribution in [1.29, 1.82) is 0 Å². The topological polar surface area (TPSA) is 24.5 Å². The number of methoxy groups -OCH3 is 1. The average molecular weight is 284 g/mol. The molecule has 1 heterocycles. The van der Waals surface area contributed by atoms with Crippen LogP contribution in [0.15, 0.2) is 36.4 Å². The van der Waals surface area contributed by atoms with Crippen LogP contribution in [-0.2, 0) is 6.54 Å². The first-order valence-corrected chi connectivity index (χ1v) is 7.70. The molecule has 1 fully saturated rings. The van der Waals surface area contributed by atoms with Gasteiger partial charge in [-0.15, -0.1) is 0 Å². The average Bonchev–Trinajstić information content (AvgIpc) is 2.46. The third-order valence-electron chi connectivity index (χ3n) is 4.22. The minimum absolute atomic E-state index is 0.554. The zero-order valence-corrected chi connectivity index (χ0v) is 13.1. The lowest BCUT2D eigenvalue weighted by Crippen LogP contribution is -2.53. The minimum atomic E-state index is 0.554. The number of hydrogen-bond acceptors (Lipinski definition) is 3. The molecule has 2 atom stereocenters. The Balaban J connectivity index is 1.90. The number of hydrogen-bond donors (Lipinski definition) is 1. The largest absolute Gasteiger partial charge is 0.496 e. The summed E-state index contributed by atoms with van der Waals surface area (Å²) in [6.07, 6.45) is 0. The fraction of sp³-hybridized carbons (Fsp3) is 0.444. The minimum Gasteiger partial charge on any atom is -0.496 e. The van der Waals surface area contributed by atoms with E-state index in [0.29, 0.717) is 12.1 Å². The molecule has 2 aromatic carbocycles. The molecule has 21 heavy (non-hydrogen) atoms. The van der Waals surface area contributed by atoms with Crippen LogP contribution in [0.5, 0.6) is 5.75 Å². The normalized spacial score (nSPS) is 23.4. The molecule has 1 aliphatic heterocycles. The number of piperazine rings is 1. The van der Waals surface area contributed by atoms with Gasteiger partial charge in [-0.25, -0.2) is 0 Å². The summed E-state index contributed by atoms with van der Waals surface area (Å²) in [5.41, 5.74) is 1.38. The van der Waals surface area contributed by atoms with E-state index in [0.717, 1.165) is 25.4 Å². The van der Waals surface area contributed by atoms with E-state index >= 15 is 0 Å². The predicted molar refractivity (Wildman–Crippen MR) is 87.8 cm³/mol. The third kappa shape index (κ3) is 3.04. The van der Waals surface area contributed by atoms with Crippen LogP contribution in [0.3, 0.4) is 0 Å². The van der Waals surface area contributed by atoms with E-state index in [-0.39, 0.29) is 0 Å². The Morgan fingerprint density at radius 3 is 2.38 bits per heavy atom. The molecule has 0 aromatic heterocycles. The number of nitrogens with zero attached hydrogens (tertiary/aromatic N) is 1. The smallest absolute Gasteiger partial charge is 0.126 e. The summed E-state index contributed by atoms with van der Waals surface area (Å²) in [5, 5.41) is 6.09. The highest BCUT2D eigenvalue weighted by Crippen LogP contribution is 2.29.